The van der Waals surface area contributed by atoms with Crippen molar-refractivity contribution < 1.29 is 45.0 Å². The number of carboxylic acids is 1. The fraction of sp³-hybridized carbons (Fsp3) is 0.375. The number of carbonyl (C=O) groups excluding carboxylic acids is 1. The summed E-state index contributed by atoms with van der Waals surface area (Å²) in [5.74, 6) is -3.24. The van der Waals surface area contributed by atoms with Gasteiger partial charge in [-0.2, -0.15) is 0 Å². The largest absolute Gasteiger partial charge is 0.504 e. The van der Waals surface area contributed by atoms with Crippen molar-refractivity contribution in [3.8, 4) is 11.5 Å². The normalized spacial score (nSPS) is 29.5. The molecule has 0 heterocycles. The van der Waals surface area contributed by atoms with Crippen molar-refractivity contribution >= 4 is 18.0 Å². The van der Waals surface area contributed by atoms with Crippen molar-refractivity contribution in [3.63, 3.8) is 0 Å². The highest BCUT2D eigenvalue weighted by atomic mass is 16.6. The Labute approximate surface area is 142 Å². The molecule has 25 heavy (non-hydrogen) atoms. The number of esters is 1. The molecule has 0 aliphatic heterocycles. The predicted octanol–water partition coefficient (Wildman–Crippen LogP) is -0.646. The summed E-state index contributed by atoms with van der Waals surface area (Å²) in [7, 11) is 0. The molecule has 1 aromatic rings. The Hall–Kier alpha value is -2.62. The molecule has 0 aromatic heterocycles. The molecule has 0 saturated heterocycles. The SMILES string of the molecule is O=C(/C=C/c1ccc(O)c(O)c1)O[C@@H]1C[C@@](O)(C(=O)O)CC(O)[C@@H]1O. The average molecular weight is 354 g/mol. The molecule has 9 heteroatoms. The number of aromatic hydroxyl groups is 2. The van der Waals surface area contributed by atoms with E-state index in [0.29, 0.717) is 5.56 Å². The summed E-state index contributed by atoms with van der Waals surface area (Å²) in [5.41, 5.74) is -1.94. The second-order valence-corrected chi connectivity index (χ2v) is 5.86. The number of aliphatic hydroxyl groups is 3. The Morgan fingerprint density at radius 2 is 1.84 bits per heavy atom. The van der Waals surface area contributed by atoms with E-state index in [9.17, 15) is 35.1 Å². The van der Waals surface area contributed by atoms with Crippen molar-refractivity contribution in [1.29, 1.82) is 0 Å². The maximum atomic E-state index is 11.8. The van der Waals surface area contributed by atoms with Gasteiger partial charge in [0.05, 0.1) is 6.10 Å². The first kappa shape index (κ1) is 18.7. The number of hydrogen-bond acceptors (Lipinski definition) is 8. The van der Waals surface area contributed by atoms with E-state index in [-0.39, 0.29) is 11.5 Å². The van der Waals surface area contributed by atoms with E-state index in [1.54, 1.807) is 0 Å². The first-order valence-corrected chi connectivity index (χ1v) is 7.35. The van der Waals surface area contributed by atoms with Crippen molar-refractivity contribution in [1.82, 2.24) is 0 Å². The van der Waals surface area contributed by atoms with Crippen molar-refractivity contribution in [3.05, 3.63) is 29.8 Å². The van der Waals surface area contributed by atoms with Crippen molar-refractivity contribution in [2.75, 3.05) is 0 Å². The lowest BCUT2D eigenvalue weighted by Crippen LogP contribution is -2.57. The molecule has 6 N–H and O–H groups in total. The lowest BCUT2D eigenvalue weighted by Gasteiger charge is -2.39. The van der Waals surface area contributed by atoms with Crippen LogP contribution in [0, 0.1) is 0 Å². The van der Waals surface area contributed by atoms with Gasteiger partial charge in [-0.15, -0.1) is 0 Å². The summed E-state index contributed by atoms with van der Waals surface area (Å²) < 4.78 is 4.92. The molecular formula is C16H18O9. The maximum absolute atomic E-state index is 11.8. The van der Waals surface area contributed by atoms with E-state index in [1.807, 2.05) is 0 Å². The van der Waals surface area contributed by atoms with Crippen LogP contribution in [0.15, 0.2) is 24.3 Å². The Balaban J connectivity index is 2.06. The molecule has 0 spiro atoms. The van der Waals surface area contributed by atoms with Gasteiger partial charge < -0.3 is 35.4 Å². The fourth-order valence-electron chi connectivity index (χ4n) is 2.53. The van der Waals surface area contributed by atoms with Crippen LogP contribution in [0.25, 0.3) is 6.08 Å². The highest BCUT2D eigenvalue weighted by Gasteiger charge is 2.50. The standard InChI is InChI=1S/C16H18O9/c17-9-3-1-8(5-10(9)18)2-4-13(20)25-12-7-16(24,15(22)23)6-11(19)14(12)21/h1-5,11-12,14,17-19,21,24H,6-7H2,(H,22,23)/b4-2+/t11?,12-,14+,16-/m1/s1. The quantitative estimate of drug-likeness (QED) is 0.234. The number of carboxylic acid groups (broad SMARTS) is 1. The van der Waals surface area contributed by atoms with Crippen molar-refractivity contribution in [2.24, 2.45) is 0 Å². The van der Waals surface area contributed by atoms with E-state index in [0.717, 1.165) is 6.08 Å². The van der Waals surface area contributed by atoms with Gasteiger partial charge in [0.25, 0.3) is 0 Å². The Morgan fingerprint density at radius 1 is 1.16 bits per heavy atom. The zero-order chi connectivity index (χ0) is 18.8. The highest BCUT2D eigenvalue weighted by molar-refractivity contribution is 5.87. The molecule has 4 atom stereocenters. The lowest BCUT2D eigenvalue weighted by atomic mass is 9.79. The van der Waals surface area contributed by atoms with Crippen LogP contribution in [0.3, 0.4) is 0 Å². The number of ether oxygens (including phenoxy) is 1. The van der Waals surface area contributed by atoms with Gasteiger partial charge in [-0.1, -0.05) is 6.07 Å². The highest BCUT2D eigenvalue weighted by Crippen LogP contribution is 2.31. The van der Waals surface area contributed by atoms with E-state index in [1.165, 1.54) is 24.3 Å². The third kappa shape index (κ3) is 4.27. The van der Waals surface area contributed by atoms with Crippen LogP contribution in [0.4, 0.5) is 0 Å². The third-order valence-electron chi connectivity index (χ3n) is 3.94. The van der Waals surface area contributed by atoms with Crippen LogP contribution in [0.2, 0.25) is 0 Å². The molecule has 0 amide bonds. The van der Waals surface area contributed by atoms with Crippen LogP contribution in [-0.4, -0.2) is 66.5 Å². The smallest absolute Gasteiger partial charge is 0.335 e. The topological polar surface area (TPSA) is 165 Å². The molecule has 0 radical (unpaired) electrons. The Kier molecular flexibility index (Phi) is 5.31. The molecule has 2 rings (SSSR count). The maximum Gasteiger partial charge on any atom is 0.335 e. The van der Waals surface area contributed by atoms with Gasteiger partial charge in [-0.05, 0) is 23.8 Å². The molecule has 1 aliphatic rings. The van der Waals surface area contributed by atoms with Crippen molar-refractivity contribution in [2.45, 2.75) is 36.8 Å². The molecule has 0 bridgehead atoms. The molecule has 1 fully saturated rings. The van der Waals surface area contributed by atoms with Gasteiger partial charge in [0.15, 0.2) is 17.1 Å². The van der Waals surface area contributed by atoms with Gasteiger partial charge in [0, 0.05) is 18.9 Å². The minimum absolute atomic E-state index is 0.327. The Morgan fingerprint density at radius 3 is 2.44 bits per heavy atom. The number of phenols is 2. The van der Waals surface area contributed by atoms with Crippen LogP contribution < -0.4 is 0 Å². The van der Waals surface area contributed by atoms with Gasteiger partial charge in [0.2, 0.25) is 0 Å². The zero-order valence-corrected chi connectivity index (χ0v) is 12.9. The summed E-state index contributed by atoms with van der Waals surface area (Å²) in [6.07, 6.45) is -3.44. The zero-order valence-electron chi connectivity index (χ0n) is 12.9. The number of phenolic OH excluding ortho intramolecular Hbond substituents is 2. The summed E-state index contributed by atoms with van der Waals surface area (Å²) in [6.45, 7) is 0. The Bertz CT molecular complexity index is 699. The number of rotatable bonds is 4. The number of aliphatic carboxylic acids is 1. The van der Waals surface area contributed by atoms with Crippen LogP contribution in [-0.2, 0) is 14.3 Å². The van der Waals surface area contributed by atoms with Crippen LogP contribution in [0.1, 0.15) is 18.4 Å². The molecule has 1 aromatic carbocycles. The molecule has 1 aliphatic carbocycles. The molecule has 136 valence electrons. The molecule has 1 saturated carbocycles. The van der Waals surface area contributed by atoms with Gasteiger partial charge in [0.1, 0.15) is 12.2 Å². The van der Waals surface area contributed by atoms with Crippen LogP contribution in [0.5, 0.6) is 11.5 Å². The second kappa shape index (κ2) is 7.09. The molecule has 1 unspecified atom stereocenters. The minimum Gasteiger partial charge on any atom is -0.504 e. The fourth-order valence-corrected chi connectivity index (χ4v) is 2.53. The lowest BCUT2D eigenvalue weighted by molar-refractivity contribution is -0.196. The summed E-state index contributed by atoms with van der Waals surface area (Å²) in [5, 5.41) is 57.0. The van der Waals surface area contributed by atoms with Gasteiger partial charge in [-0.25, -0.2) is 9.59 Å². The number of hydrogen-bond donors (Lipinski definition) is 6. The van der Waals surface area contributed by atoms with Crippen LogP contribution >= 0.6 is 0 Å². The predicted molar refractivity (Wildman–Crippen MR) is 82.5 cm³/mol. The second-order valence-electron chi connectivity index (χ2n) is 5.86. The third-order valence-corrected chi connectivity index (χ3v) is 3.94. The number of benzene rings is 1. The first-order valence-electron chi connectivity index (χ1n) is 7.35. The molecular weight excluding hydrogens is 336 g/mol. The first-order chi connectivity index (χ1) is 11.6. The van der Waals surface area contributed by atoms with E-state index in [2.05, 4.69) is 0 Å². The number of aliphatic hydroxyl groups excluding tert-OH is 2. The van der Waals surface area contributed by atoms with Gasteiger partial charge in [-0.3, -0.25) is 0 Å². The monoisotopic (exact) mass is 354 g/mol. The average Bonchev–Trinajstić information content (AvgIpc) is 2.53. The molecule has 9 nitrogen and oxygen atoms in total. The number of carbonyl (C=O) groups is 2. The summed E-state index contributed by atoms with van der Waals surface area (Å²) >= 11 is 0. The summed E-state index contributed by atoms with van der Waals surface area (Å²) in [4.78, 5) is 22.9. The van der Waals surface area contributed by atoms with E-state index >= 15 is 0 Å². The van der Waals surface area contributed by atoms with Gasteiger partial charge >= 0.3 is 11.9 Å². The van der Waals surface area contributed by atoms with E-state index in [4.69, 9.17) is 9.84 Å². The minimum atomic E-state index is -2.31. The van der Waals surface area contributed by atoms with E-state index < -0.39 is 48.7 Å². The summed E-state index contributed by atoms with van der Waals surface area (Å²) in [6, 6.07) is 3.83.